The fourth-order valence-electron chi connectivity index (χ4n) is 0.657. The maximum atomic E-state index is 4.04. The first-order valence-corrected chi connectivity index (χ1v) is 2.67. The predicted octanol–water partition coefficient (Wildman–Crippen LogP) is 0.350. The van der Waals surface area contributed by atoms with Gasteiger partial charge in [-0.25, -0.2) is 0 Å². The van der Waals surface area contributed by atoms with Crippen molar-refractivity contribution in [2.24, 2.45) is 4.99 Å². The molecule has 1 aliphatic rings. The van der Waals surface area contributed by atoms with Crippen LogP contribution in [0.15, 0.2) is 4.99 Å². The Bertz CT molecular complexity index is 78.1. The summed E-state index contributed by atoms with van der Waals surface area (Å²) in [5.41, 5.74) is 0. The van der Waals surface area contributed by atoms with Gasteiger partial charge in [-0.05, 0) is 6.92 Å². The standard InChI is InChI=1S/C5H10N2/c1-2-7-4-3-6-5-7/h5H,2-4H2,1H3. The third-order valence-corrected chi connectivity index (χ3v) is 1.17. The van der Waals surface area contributed by atoms with Crippen LogP contribution in [0, 0.1) is 0 Å². The molecule has 0 aromatic heterocycles. The Morgan fingerprint density at radius 3 is 3.00 bits per heavy atom. The molecule has 1 rings (SSSR count). The van der Waals surface area contributed by atoms with Crippen LogP contribution in [0.4, 0.5) is 0 Å². The molecule has 2 heteroatoms. The molecular weight excluding hydrogens is 88.1 g/mol. The molecule has 2 nitrogen and oxygen atoms in total. The van der Waals surface area contributed by atoms with E-state index in [2.05, 4.69) is 16.8 Å². The van der Waals surface area contributed by atoms with Crippen molar-refractivity contribution in [1.82, 2.24) is 4.90 Å². The summed E-state index contributed by atoms with van der Waals surface area (Å²) in [6, 6.07) is 0. The molecule has 1 aliphatic heterocycles. The molecule has 0 amide bonds. The molecule has 7 heavy (non-hydrogen) atoms. The van der Waals surface area contributed by atoms with E-state index in [9.17, 15) is 0 Å². The number of hydrogen-bond donors (Lipinski definition) is 0. The molecular formula is C5H10N2. The molecule has 0 unspecified atom stereocenters. The molecule has 0 spiro atoms. The second kappa shape index (κ2) is 1.96. The first-order chi connectivity index (χ1) is 3.43. The van der Waals surface area contributed by atoms with Crippen LogP contribution in [-0.2, 0) is 0 Å². The van der Waals surface area contributed by atoms with E-state index in [4.69, 9.17) is 0 Å². The first-order valence-electron chi connectivity index (χ1n) is 2.67. The van der Waals surface area contributed by atoms with Gasteiger partial charge in [-0.3, -0.25) is 4.99 Å². The van der Waals surface area contributed by atoms with Crippen molar-refractivity contribution >= 4 is 6.34 Å². The zero-order chi connectivity index (χ0) is 5.11. The van der Waals surface area contributed by atoms with Crippen LogP contribution in [0.3, 0.4) is 0 Å². The smallest absolute Gasteiger partial charge is 0.0851 e. The Hall–Kier alpha value is -0.530. The molecule has 0 bridgehead atoms. The van der Waals surface area contributed by atoms with Crippen molar-refractivity contribution in [3.8, 4) is 0 Å². The molecule has 1 heterocycles. The Morgan fingerprint density at radius 1 is 1.86 bits per heavy atom. The zero-order valence-corrected chi connectivity index (χ0v) is 4.59. The van der Waals surface area contributed by atoms with Crippen LogP contribution in [-0.4, -0.2) is 30.9 Å². The van der Waals surface area contributed by atoms with Gasteiger partial charge in [-0.2, -0.15) is 0 Å². The van der Waals surface area contributed by atoms with Crippen molar-refractivity contribution < 1.29 is 0 Å². The molecule has 0 saturated heterocycles. The molecule has 0 aliphatic carbocycles. The number of hydrogen-bond acceptors (Lipinski definition) is 2. The molecule has 0 saturated carbocycles. The van der Waals surface area contributed by atoms with E-state index in [0.29, 0.717) is 0 Å². The van der Waals surface area contributed by atoms with Gasteiger partial charge in [0.25, 0.3) is 0 Å². The van der Waals surface area contributed by atoms with Gasteiger partial charge in [0.2, 0.25) is 0 Å². The summed E-state index contributed by atoms with van der Waals surface area (Å²) < 4.78 is 0. The van der Waals surface area contributed by atoms with Crippen molar-refractivity contribution in [3.05, 3.63) is 0 Å². The van der Waals surface area contributed by atoms with Crippen LogP contribution in [0.2, 0.25) is 0 Å². The van der Waals surface area contributed by atoms with Gasteiger partial charge in [-0.15, -0.1) is 0 Å². The van der Waals surface area contributed by atoms with E-state index in [1.807, 2.05) is 6.34 Å². The monoisotopic (exact) mass is 98.1 g/mol. The fraction of sp³-hybridized carbons (Fsp3) is 0.800. The lowest BCUT2D eigenvalue weighted by molar-refractivity contribution is 0.494. The van der Waals surface area contributed by atoms with Gasteiger partial charge in [-0.1, -0.05) is 0 Å². The topological polar surface area (TPSA) is 15.6 Å². The molecule has 0 fully saturated rings. The number of rotatable bonds is 1. The highest BCUT2D eigenvalue weighted by atomic mass is 15.2. The Balaban J connectivity index is 2.28. The van der Waals surface area contributed by atoms with Crippen molar-refractivity contribution in [2.45, 2.75) is 6.92 Å². The Labute approximate surface area is 43.8 Å². The summed E-state index contributed by atoms with van der Waals surface area (Å²) >= 11 is 0. The highest BCUT2D eigenvalue weighted by Gasteiger charge is 1.98. The lowest BCUT2D eigenvalue weighted by Gasteiger charge is -2.07. The van der Waals surface area contributed by atoms with Gasteiger partial charge in [0.1, 0.15) is 0 Å². The van der Waals surface area contributed by atoms with Gasteiger partial charge in [0, 0.05) is 13.1 Å². The first kappa shape index (κ1) is 4.62. The van der Waals surface area contributed by atoms with Crippen molar-refractivity contribution in [3.63, 3.8) is 0 Å². The van der Waals surface area contributed by atoms with E-state index in [-0.39, 0.29) is 0 Å². The third kappa shape index (κ3) is 0.918. The van der Waals surface area contributed by atoms with Crippen molar-refractivity contribution in [2.75, 3.05) is 19.6 Å². The van der Waals surface area contributed by atoms with Gasteiger partial charge >= 0.3 is 0 Å². The average molecular weight is 98.1 g/mol. The van der Waals surface area contributed by atoms with E-state index in [1.54, 1.807) is 0 Å². The predicted molar refractivity (Wildman–Crippen MR) is 30.6 cm³/mol. The Kier molecular flexibility index (Phi) is 1.29. The molecule has 0 radical (unpaired) electrons. The minimum atomic E-state index is 0.994. The maximum absolute atomic E-state index is 4.04. The SMILES string of the molecule is CCN1C=NCC1. The van der Waals surface area contributed by atoms with Crippen LogP contribution >= 0.6 is 0 Å². The molecule has 0 atom stereocenters. The largest absolute Gasteiger partial charge is 0.361 e. The summed E-state index contributed by atoms with van der Waals surface area (Å²) in [6.07, 6.45) is 1.92. The summed E-state index contributed by atoms with van der Waals surface area (Å²) in [5, 5.41) is 0. The van der Waals surface area contributed by atoms with Gasteiger partial charge in [0.15, 0.2) is 0 Å². The minimum Gasteiger partial charge on any atom is -0.361 e. The van der Waals surface area contributed by atoms with Gasteiger partial charge in [0.05, 0.1) is 12.9 Å². The van der Waals surface area contributed by atoms with Crippen LogP contribution < -0.4 is 0 Å². The van der Waals surface area contributed by atoms with E-state index in [0.717, 1.165) is 19.6 Å². The molecule has 0 aromatic carbocycles. The lowest BCUT2D eigenvalue weighted by atomic mass is 10.6. The summed E-state index contributed by atoms with van der Waals surface area (Å²) in [5.74, 6) is 0. The summed E-state index contributed by atoms with van der Waals surface area (Å²) in [6.45, 7) is 5.35. The number of likely N-dealkylation sites (N-methyl/N-ethyl adjacent to an activating group) is 1. The van der Waals surface area contributed by atoms with E-state index in [1.165, 1.54) is 0 Å². The normalized spacial score (nSPS) is 18.7. The highest BCUT2D eigenvalue weighted by Crippen LogP contribution is 1.89. The third-order valence-electron chi connectivity index (χ3n) is 1.17. The zero-order valence-electron chi connectivity index (χ0n) is 4.59. The summed E-state index contributed by atoms with van der Waals surface area (Å²) in [7, 11) is 0. The average Bonchev–Trinajstić information content (AvgIpc) is 2.14. The Morgan fingerprint density at radius 2 is 2.71 bits per heavy atom. The summed E-state index contributed by atoms with van der Waals surface area (Å²) in [4.78, 5) is 6.23. The minimum absolute atomic E-state index is 0.994. The second-order valence-electron chi connectivity index (χ2n) is 1.65. The highest BCUT2D eigenvalue weighted by molar-refractivity contribution is 5.56. The maximum Gasteiger partial charge on any atom is 0.0851 e. The molecule has 0 aromatic rings. The second-order valence-corrected chi connectivity index (χ2v) is 1.65. The van der Waals surface area contributed by atoms with Crippen LogP contribution in [0.1, 0.15) is 6.92 Å². The lowest BCUT2D eigenvalue weighted by Crippen LogP contribution is -2.18. The van der Waals surface area contributed by atoms with E-state index >= 15 is 0 Å². The van der Waals surface area contributed by atoms with Crippen LogP contribution in [0.25, 0.3) is 0 Å². The number of nitrogens with zero attached hydrogens (tertiary/aromatic N) is 2. The van der Waals surface area contributed by atoms with Crippen molar-refractivity contribution in [1.29, 1.82) is 0 Å². The quantitative estimate of drug-likeness (QED) is 0.462. The molecule has 0 N–H and O–H groups in total. The van der Waals surface area contributed by atoms with Gasteiger partial charge < -0.3 is 4.90 Å². The fourth-order valence-corrected chi connectivity index (χ4v) is 0.657. The van der Waals surface area contributed by atoms with E-state index < -0.39 is 0 Å². The number of aliphatic imine (C=N–C) groups is 1. The van der Waals surface area contributed by atoms with Crippen LogP contribution in [0.5, 0.6) is 0 Å². The molecule has 40 valence electrons.